The normalized spacial score (nSPS) is 25.4. The summed E-state index contributed by atoms with van der Waals surface area (Å²) in [4.78, 5) is 46.5. The van der Waals surface area contributed by atoms with Crippen molar-refractivity contribution in [3.8, 4) is 0 Å². The molecule has 1 aliphatic rings. The number of hydrogen-bond donors (Lipinski definition) is 0. The van der Waals surface area contributed by atoms with E-state index < -0.39 is 53.7 Å². The maximum Gasteiger partial charge on any atom is 0.303 e. The third-order valence-electron chi connectivity index (χ3n) is 4.48. The van der Waals surface area contributed by atoms with Crippen LogP contribution in [0.4, 0.5) is 0 Å². The van der Waals surface area contributed by atoms with Gasteiger partial charge in [-0.15, -0.1) is 11.8 Å². The van der Waals surface area contributed by atoms with Crippen molar-refractivity contribution in [2.75, 3.05) is 12.4 Å². The molecule has 0 aromatic carbocycles. The van der Waals surface area contributed by atoms with Gasteiger partial charge in [0.15, 0.2) is 18.3 Å². The number of hydrogen-bond acceptors (Lipinski definition) is 10. The summed E-state index contributed by atoms with van der Waals surface area (Å²) < 4.78 is 27.3. The first-order valence-electron chi connectivity index (χ1n) is 10.6. The Hall–Kier alpha value is -1.81. The van der Waals surface area contributed by atoms with Crippen LogP contribution in [0.3, 0.4) is 0 Å². The molecule has 1 saturated heterocycles. The molecular formula is C21H34O9S. The number of thioether (sulfide) groups is 1. The lowest BCUT2D eigenvalue weighted by Crippen LogP contribution is -2.61. The number of esters is 4. The highest BCUT2D eigenvalue weighted by Crippen LogP contribution is 2.34. The summed E-state index contributed by atoms with van der Waals surface area (Å²) in [6.45, 7) is 6.84. The molecule has 0 N–H and O–H groups in total. The Labute approximate surface area is 187 Å². The molecule has 5 atom stereocenters. The molecule has 0 aromatic heterocycles. The van der Waals surface area contributed by atoms with Gasteiger partial charge in [-0.1, -0.05) is 32.6 Å². The molecule has 0 saturated carbocycles. The van der Waals surface area contributed by atoms with Crippen LogP contribution < -0.4 is 0 Å². The van der Waals surface area contributed by atoms with Crippen molar-refractivity contribution in [2.24, 2.45) is 0 Å². The van der Waals surface area contributed by atoms with Gasteiger partial charge in [-0.3, -0.25) is 19.2 Å². The number of carbonyl (C=O) groups is 4. The molecule has 0 aromatic rings. The van der Waals surface area contributed by atoms with Crippen LogP contribution in [0.25, 0.3) is 0 Å². The molecule has 0 aliphatic carbocycles. The van der Waals surface area contributed by atoms with Gasteiger partial charge >= 0.3 is 23.9 Å². The minimum absolute atomic E-state index is 0.203. The van der Waals surface area contributed by atoms with Gasteiger partial charge in [-0.05, 0) is 12.2 Å². The quantitative estimate of drug-likeness (QED) is 0.244. The average Bonchev–Trinajstić information content (AvgIpc) is 2.66. The fraction of sp³-hybridized carbons (Fsp3) is 0.810. The Morgan fingerprint density at radius 2 is 1.29 bits per heavy atom. The second kappa shape index (κ2) is 14.3. The predicted molar refractivity (Wildman–Crippen MR) is 113 cm³/mol. The van der Waals surface area contributed by atoms with E-state index in [9.17, 15) is 19.2 Å². The van der Waals surface area contributed by atoms with Crippen LogP contribution in [-0.4, -0.2) is 66.1 Å². The zero-order valence-corrected chi connectivity index (χ0v) is 19.7. The van der Waals surface area contributed by atoms with Crippen molar-refractivity contribution >= 4 is 35.6 Å². The Morgan fingerprint density at radius 1 is 0.742 bits per heavy atom. The zero-order valence-electron chi connectivity index (χ0n) is 18.9. The van der Waals surface area contributed by atoms with E-state index in [1.165, 1.54) is 45.9 Å². The summed E-state index contributed by atoms with van der Waals surface area (Å²) in [7, 11) is 0. The molecule has 31 heavy (non-hydrogen) atoms. The van der Waals surface area contributed by atoms with Crippen LogP contribution in [0, 0.1) is 0 Å². The van der Waals surface area contributed by atoms with Crippen molar-refractivity contribution in [3.05, 3.63) is 0 Å². The highest BCUT2D eigenvalue weighted by molar-refractivity contribution is 7.99. The number of ether oxygens (including phenoxy) is 5. The van der Waals surface area contributed by atoms with Crippen molar-refractivity contribution in [1.82, 2.24) is 0 Å². The maximum absolute atomic E-state index is 11.8. The third-order valence-corrected chi connectivity index (χ3v) is 5.71. The summed E-state index contributed by atoms with van der Waals surface area (Å²) in [5.74, 6) is -1.65. The fourth-order valence-electron chi connectivity index (χ4n) is 3.23. The Bertz CT molecular complexity index is 610. The van der Waals surface area contributed by atoms with E-state index in [2.05, 4.69) is 6.92 Å². The minimum atomic E-state index is -1.11. The van der Waals surface area contributed by atoms with E-state index in [0.29, 0.717) is 0 Å². The lowest BCUT2D eigenvalue weighted by atomic mass is 9.99. The SMILES string of the molecule is CCCCCCCS[C@@H]1O[C@H](COC(C)=O)[C@@H](OC(C)=O)[C@H](OC(C)=O)[C@H]1OC(C)=O. The molecule has 1 rings (SSSR count). The summed E-state index contributed by atoms with van der Waals surface area (Å²) in [5, 5.41) is 0. The molecule has 1 heterocycles. The van der Waals surface area contributed by atoms with Crippen LogP contribution in [0.5, 0.6) is 0 Å². The Morgan fingerprint density at radius 3 is 1.84 bits per heavy atom. The molecule has 0 radical (unpaired) electrons. The summed E-state index contributed by atoms with van der Waals surface area (Å²) in [5.41, 5.74) is -0.688. The fourth-order valence-corrected chi connectivity index (χ4v) is 4.45. The Balaban J connectivity index is 3.07. The smallest absolute Gasteiger partial charge is 0.303 e. The van der Waals surface area contributed by atoms with Gasteiger partial charge in [0.25, 0.3) is 0 Å². The van der Waals surface area contributed by atoms with Crippen LogP contribution in [0.2, 0.25) is 0 Å². The minimum Gasteiger partial charge on any atom is -0.463 e. The van der Waals surface area contributed by atoms with Crippen LogP contribution in [0.1, 0.15) is 66.7 Å². The van der Waals surface area contributed by atoms with Crippen LogP contribution >= 0.6 is 11.8 Å². The second-order valence-corrected chi connectivity index (χ2v) is 8.56. The van der Waals surface area contributed by atoms with Gasteiger partial charge in [0.2, 0.25) is 0 Å². The molecule has 0 bridgehead atoms. The molecule has 0 spiro atoms. The number of rotatable bonds is 12. The summed E-state index contributed by atoms with van der Waals surface area (Å²) in [6, 6.07) is 0. The van der Waals surface area contributed by atoms with E-state index in [0.717, 1.165) is 31.4 Å². The van der Waals surface area contributed by atoms with Crippen LogP contribution in [-0.2, 0) is 42.9 Å². The number of unbranched alkanes of at least 4 members (excludes halogenated alkanes) is 4. The number of carbonyl (C=O) groups excluding carboxylic acids is 4. The first-order chi connectivity index (χ1) is 14.6. The van der Waals surface area contributed by atoms with Gasteiger partial charge in [0, 0.05) is 27.7 Å². The molecule has 1 aliphatic heterocycles. The van der Waals surface area contributed by atoms with Gasteiger partial charge in [0.1, 0.15) is 18.1 Å². The average molecular weight is 463 g/mol. The van der Waals surface area contributed by atoms with Crippen molar-refractivity contribution in [1.29, 1.82) is 0 Å². The summed E-state index contributed by atoms with van der Waals surface area (Å²) in [6.07, 6.45) is 1.38. The lowest BCUT2D eigenvalue weighted by Gasteiger charge is -2.44. The van der Waals surface area contributed by atoms with Gasteiger partial charge in [-0.2, -0.15) is 0 Å². The lowest BCUT2D eigenvalue weighted by molar-refractivity contribution is -0.237. The molecule has 10 heteroatoms. The first kappa shape index (κ1) is 27.2. The van der Waals surface area contributed by atoms with Crippen molar-refractivity contribution in [3.63, 3.8) is 0 Å². The van der Waals surface area contributed by atoms with Crippen LogP contribution in [0.15, 0.2) is 0 Å². The molecular weight excluding hydrogens is 428 g/mol. The monoisotopic (exact) mass is 462 g/mol. The first-order valence-corrected chi connectivity index (χ1v) is 11.6. The highest BCUT2D eigenvalue weighted by atomic mass is 32.2. The molecule has 178 valence electrons. The molecule has 0 unspecified atom stereocenters. The maximum atomic E-state index is 11.8. The van der Waals surface area contributed by atoms with E-state index >= 15 is 0 Å². The summed E-state index contributed by atoms with van der Waals surface area (Å²) >= 11 is 1.42. The third kappa shape index (κ3) is 10.4. The van der Waals surface area contributed by atoms with E-state index in [4.69, 9.17) is 23.7 Å². The van der Waals surface area contributed by atoms with E-state index in [1.807, 2.05) is 0 Å². The zero-order chi connectivity index (χ0) is 23.4. The van der Waals surface area contributed by atoms with E-state index in [-0.39, 0.29) is 6.61 Å². The standard InChI is InChI=1S/C21H34O9S/c1-6-7-8-9-10-11-31-21-20(29-16(5)25)19(28-15(4)24)18(27-14(3)23)17(30-21)12-26-13(2)22/h17-21H,6-12H2,1-5H3/t17-,18-,19+,20-,21+/m1/s1. The van der Waals surface area contributed by atoms with Gasteiger partial charge < -0.3 is 23.7 Å². The topological polar surface area (TPSA) is 114 Å². The molecule has 9 nitrogen and oxygen atoms in total. The van der Waals surface area contributed by atoms with E-state index in [1.54, 1.807) is 0 Å². The largest absolute Gasteiger partial charge is 0.463 e. The molecule has 1 fully saturated rings. The predicted octanol–water partition coefficient (Wildman–Crippen LogP) is 2.77. The van der Waals surface area contributed by atoms with Gasteiger partial charge in [-0.25, -0.2) is 0 Å². The van der Waals surface area contributed by atoms with Crippen molar-refractivity contribution < 1.29 is 42.9 Å². The van der Waals surface area contributed by atoms with Crippen molar-refractivity contribution in [2.45, 2.75) is 96.6 Å². The second-order valence-electron chi connectivity index (χ2n) is 7.35. The highest BCUT2D eigenvalue weighted by Gasteiger charge is 2.52. The van der Waals surface area contributed by atoms with Gasteiger partial charge in [0.05, 0.1) is 0 Å². The Kier molecular flexibility index (Phi) is 12.5. The molecule has 0 amide bonds.